The number of amides is 4. The third-order valence-electron chi connectivity index (χ3n) is 4.42. The van der Waals surface area contributed by atoms with Crippen LogP contribution in [0.2, 0.25) is 0 Å². The Morgan fingerprint density at radius 3 is 2.52 bits per heavy atom. The fourth-order valence-corrected chi connectivity index (χ4v) is 2.82. The van der Waals surface area contributed by atoms with Crippen LogP contribution in [0.4, 0.5) is 10.5 Å². The number of hydrogen-bond acceptors (Lipinski definition) is 5. The summed E-state index contributed by atoms with van der Waals surface area (Å²) < 4.78 is 5.05. The van der Waals surface area contributed by atoms with E-state index in [0.29, 0.717) is 11.3 Å². The zero-order valence-corrected chi connectivity index (χ0v) is 15.9. The van der Waals surface area contributed by atoms with Gasteiger partial charge >= 0.3 is 12.0 Å². The lowest BCUT2D eigenvalue weighted by Crippen LogP contribution is -2.30. The molecular weight excluding hydrogens is 374 g/mol. The van der Waals surface area contributed by atoms with Crippen molar-refractivity contribution in [1.29, 1.82) is 0 Å². The topological polar surface area (TPSA) is 105 Å². The Morgan fingerprint density at radius 2 is 1.86 bits per heavy atom. The molecule has 0 aliphatic carbocycles. The van der Waals surface area contributed by atoms with Gasteiger partial charge in [-0.2, -0.15) is 0 Å². The van der Waals surface area contributed by atoms with Gasteiger partial charge in [-0.05, 0) is 41.8 Å². The van der Waals surface area contributed by atoms with E-state index in [1.807, 2.05) is 25.1 Å². The van der Waals surface area contributed by atoms with Crippen molar-refractivity contribution in [2.45, 2.75) is 19.9 Å². The highest BCUT2D eigenvalue weighted by molar-refractivity contribution is 6.01. The summed E-state index contributed by atoms with van der Waals surface area (Å²) in [5.74, 6) is -1.36. The van der Waals surface area contributed by atoms with Crippen LogP contribution in [-0.2, 0) is 27.3 Å². The van der Waals surface area contributed by atoms with Crippen molar-refractivity contribution < 1.29 is 23.9 Å². The Morgan fingerprint density at radius 1 is 1.10 bits per heavy atom. The van der Waals surface area contributed by atoms with Crippen LogP contribution in [0.25, 0.3) is 0 Å². The number of rotatable bonds is 7. The number of esters is 1. The Kier molecular flexibility index (Phi) is 6.23. The van der Waals surface area contributed by atoms with Crippen LogP contribution in [-0.4, -0.2) is 41.9 Å². The maximum atomic E-state index is 12.1. The van der Waals surface area contributed by atoms with Crippen molar-refractivity contribution in [3.8, 4) is 0 Å². The fraction of sp³-hybridized carbons (Fsp3) is 0.238. The molecule has 1 saturated heterocycles. The zero-order valence-electron chi connectivity index (χ0n) is 15.9. The quantitative estimate of drug-likeness (QED) is 0.552. The molecule has 0 spiro atoms. The van der Waals surface area contributed by atoms with Crippen LogP contribution in [0.5, 0.6) is 0 Å². The first kappa shape index (κ1) is 20.1. The van der Waals surface area contributed by atoms with Gasteiger partial charge < -0.3 is 15.4 Å². The first-order chi connectivity index (χ1) is 14.0. The Balaban J connectivity index is 1.50. The minimum absolute atomic E-state index is 0.00591. The lowest BCUT2D eigenvalue weighted by atomic mass is 10.1. The predicted octanol–water partition coefficient (Wildman–Crippen LogP) is 2.10. The molecule has 1 heterocycles. The number of imide groups is 1. The standard InChI is InChI=1S/C21H21N3O5/c1-2-14-4-3-5-17(10-14)23-18(25)13-29-20(27)16-8-6-15(7-9-16)12-24-19(26)11-22-21(24)28/h3-10H,2,11-13H2,1H3,(H,22,28)(H,23,25). The molecular formula is C21H21N3O5. The Hall–Kier alpha value is -3.68. The highest BCUT2D eigenvalue weighted by Crippen LogP contribution is 2.12. The van der Waals surface area contributed by atoms with Gasteiger partial charge in [-0.3, -0.25) is 14.5 Å². The number of urea groups is 1. The number of nitrogens with one attached hydrogen (secondary N) is 2. The summed E-state index contributed by atoms with van der Waals surface area (Å²) in [5.41, 5.74) is 2.70. The van der Waals surface area contributed by atoms with E-state index in [-0.39, 0.29) is 24.6 Å². The van der Waals surface area contributed by atoms with Crippen molar-refractivity contribution in [2.24, 2.45) is 0 Å². The largest absolute Gasteiger partial charge is 0.452 e. The molecule has 1 aliphatic rings. The second-order valence-corrected chi connectivity index (χ2v) is 6.51. The van der Waals surface area contributed by atoms with E-state index in [9.17, 15) is 19.2 Å². The van der Waals surface area contributed by atoms with Crippen molar-refractivity contribution in [2.75, 3.05) is 18.5 Å². The van der Waals surface area contributed by atoms with Crippen molar-refractivity contribution >= 4 is 29.5 Å². The molecule has 2 aromatic carbocycles. The predicted molar refractivity (Wildman–Crippen MR) is 105 cm³/mol. The fourth-order valence-electron chi connectivity index (χ4n) is 2.82. The van der Waals surface area contributed by atoms with Crippen molar-refractivity contribution in [3.63, 3.8) is 0 Å². The van der Waals surface area contributed by atoms with Gasteiger partial charge in [0, 0.05) is 5.69 Å². The number of nitrogens with zero attached hydrogens (tertiary/aromatic N) is 1. The van der Waals surface area contributed by atoms with Crippen LogP contribution >= 0.6 is 0 Å². The number of carbonyl (C=O) groups excluding carboxylic acids is 4. The lowest BCUT2D eigenvalue weighted by molar-refractivity contribution is -0.125. The van der Waals surface area contributed by atoms with Gasteiger partial charge in [0.1, 0.15) is 0 Å². The number of hydrogen-bond donors (Lipinski definition) is 2. The van der Waals surface area contributed by atoms with E-state index in [4.69, 9.17) is 4.74 Å². The maximum absolute atomic E-state index is 12.1. The lowest BCUT2D eigenvalue weighted by Gasteiger charge is -2.12. The van der Waals surface area contributed by atoms with Gasteiger partial charge in [0.15, 0.2) is 6.61 Å². The van der Waals surface area contributed by atoms with Gasteiger partial charge in [-0.15, -0.1) is 0 Å². The van der Waals surface area contributed by atoms with Gasteiger partial charge in [0.05, 0.1) is 18.7 Å². The molecule has 0 atom stereocenters. The van der Waals surface area contributed by atoms with E-state index in [1.54, 1.807) is 18.2 Å². The Bertz CT molecular complexity index is 924. The van der Waals surface area contributed by atoms with E-state index in [0.717, 1.165) is 16.9 Å². The number of aryl methyl sites for hydroxylation is 1. The third-order valence-corrected chi connectivity index (χ3v) is 4.42. The first-order valence-electron chi connectivity index (χ1n) is 9.19. The van der Waals surface area contributed by atoms with Crippen molar-refractivity contribution in [1.82, 2.24) is 10.2 Å². The molecule has 0 radical (unpaired) electrons. The number of carbonyl (C=O) groups is 4. The molecule has 1 aliphatic heterocycles. The second kappa shape index (κ2) is 9.01. The summed E-state index contributed by atoms with van der Waals surface area (Å²) in [5, 5.41) is 5.14. The average Bonchev–Trinajstić information content (AvgIpc) is 3.04. The number of ether oxygens (including phenoxy) is 1. The molecule has 8 nitrogen and oxygen atoms in total. The highest BCUT2D eigenvalue weighted by atomic mass is 16.5. The van der Waals surface area contributed by atoms with Crippen LogP contribution < -0.4 is 10.6 Å². The van der Waals surface area contributed by atoms with E-state index in [1.165, 1.54) is 12.1 Å². The van der Waals surface area contributed by atoms with Crippen molar-refractivity contribution in [3.05, 3.63) is 65.2 Å². The minimum atomic E-state index is -0.635. The van der Waals surface area contributed by atoms with Crippen LogP contribution in [0, 0.1) is 0 Å². The van der Waals surface area contributed by atoms with Gasteiger partial charge in [0.25, 0.3) is 5.91 Å². The summed E-state index contributed by atoms with van der Waals surface area (Å²) in [6.07, 6.45) is 0.852. The zero-order chi connectivity index (χ0) is 20.8. The SMILES string of the molecule is CCc1cccc(NC(=O)COC(=O)c2ccc(CN3C(=O)CNC3=O)cc2)c1. The summed E-state index contributed by atoms with van der Waals surface area (Å²) in [6.45, 7) is 1.73. The minimum Gasteiger partial charge on any atom is -0.452 e. The normalized spacial score (nSPS) is 13.2. The smallest absolute Gasteiger partial charge is 0.338 e. The Labute approximate surface area is 167 Å². The van der Waals surface area contributed by atoms with E-state index >= 15 is 0 Å². The van der Waals surface area contributed by atoms with Crippen LogP contribution in [0.15, 0.2) is 48.5 Å². The second-order valence-electron chi connectivity index (χ2n) is 6.51. The van der Waals surface area contributed by atoms with Crippen LogP contribution in [0.1, 0.15) is 28.4 Å². The van der Waals surface area contributed by atoms with Crippen LogP contribution in [0.3, 0.4) is 0 Å². The molecule has 29 heavy (non-hydrogen) atoms. The summed E-state index contributed by atoms with van der Waals surface area (Å²) in [6, 6.07) is 13.3. The number of anilines is 1. The molecule has 150 valence electrons. The molecule has 1 fully saturated rings. The third kappa shape index (κ3) is 5.19. The first-order valence-corrected chi connectivity index (χ1v) is 9.19. The molecule has 2 aromatic rings. The molecule has 8 heteroatoms. The highest BCUT2D eigenvalue weighted by Gasteiger charge is 2.28. The summed E-state index contributed by atoms with van der Waals surface area (Å²) in [4.78, 5) is 48.4. The molecule has 2 N–H and O–H groups in total. The van der Waals surface area contributed by atoms with E-state index in [2.05, 4.69) is 10.6 Å². The molecule has 0 bridgehead atoms. The van der Waals surface area contributed by atoms with Gasteiger partial charge in [0.2, 0.25) is 5.91 Å². The molecule has 0 aromatic heterocycles. The summed E-state index contributed by atoms with van der Waals surface area (Å²) >= 11 is 0. The maximum Gasteiger partial charge on any atom is 0.338 e. The molecule has 0 unspecified atom stereocenters. The molecule has 0 saturated carbocycles. The average molecular weight is 395 g/mol. The molecule has 4 amide bonds. The van der Waals surface area contributed by atoms with Gasteiger partial charge in [-0.25, -0.2) is 9.59 Å². The van der Waals surface area contributed by atoms with Gasteiger partial charge in [-0.1, -0.05) is 31.2 Å². The van der Waals surface area contributed by atoms with E-state index < -0.39 is 24.5 Å². The number of benzene rings is 2. The summed E-state index contributed by atoms with van der Waals surface area (Å²) in [7, 11) is 0. The monoisotopic (exact) mass is 395 g/mol. The molecule has 3 rings (SSSR count).